The summed E-state index contributed by atoms with van der Waals surface area (Å²) >= 11 is 0. The number of amides is 1. The third kappa shape index (κ3) is 3.96. The predicted octanol–water partition coefficient (Wildman–Crippen LogP) is 2.40. The lowest BCUT2D eigenvalue weighted by atomic mass is 10.0. The molecule has 1 atom stereocenters. The average Bonchev–Trinajstić information content (AvgIpc) is 2.47. The lowest BCUT2D eigenvalue weighted by Crippen LogP contribution is -2.48. The van der Waals surface area contributed by atoms with E-state index in [-0.39, 0.29) is 12.1 Å². The van der Waals surface area contributed by atoms with Gasteiger partial charge in [0.15, 0.2) is 0 Å². The quantitative estimate of drug-likeness (QED) is 0.906. The number of hydrogen-bond acceptors (Lipinski definition) is 3. The summed E-state index contributed by atoms with van der Waals surface area (Å²) < 4.78 is 5.40. The van der Waals surface area contributed by atoms with E-state index in [1.807, 2.05) is 42.3 Å². The van der Waals surface area contributed by atoms with E-state index in [1.165, 1.54) is 6.42 Å². The number of likely N-dealkylation sites (N-methyl/N-ethyl adjacent to an activating group) is 1. The number of carbonyl (C=O) groups is 1. The lowest BCUT2D eigenvalue weighted by molar-refractivity contribution is 0.0684. The fourth-order valence-electron chi connectivity index (χ4n) is 2.49. The highest BCUT2D eigenvalue weighted by atomic mass is 16.6. The van der Waals surface area contributed by atoms with Crippen molar-refractivity contribution >= 4 is 6.09 Å². The maximum Gasteiger partial charge on any atom is 0.410 e. The van der Waals surface area contributed by atoms with Crippen LogP contribution in [-0.2, 0) is 11.3 Å². The maximum absolute atomic E-state index is 12.1. The highest BCUT2D eigenvalue weighted by Gasteiger charge is 2.27. The molecule has 1 aliphatic rings. The molecule has 4 nitrogen and oxygen atoms in total. The van der Waals surface area contributed by atoms with E-state index in [0.717, 1.165) is 31.5 Å². The summed E-state index contributed by atoms with van der Waals surface area (Å²) in [6.07, 6.45) is 3.13. The maximum atomic E-state index is 12.1. The van der Waals surface area contributed by atoms with E-state index in [9.17, 15) is 4.79 Å². The van der Waals surface area contributed by atoms with Crippen LogP contribution < -0.4 is 5.32 Å². The van der Waals surface area contributed by atoms with Gasteiger partial charge in [-0.1, -0.05) is 30.3 Å². The van der Waals surface area contributed by atoms with Gasteiger partial charge in [-0.15, -0.1) is 0 Å². The Kier molecular flexibility index (Phi) is 5.21. The Hall–Kier alpha value is -1.55. The topological polar surface area (TPSA) is 41.6 Å². The van der Waals surface area contributed by atoms with Crippen molar-refractivity contribution in [2.24, 2.45) is 0 Å². The zero-order chi connectivity index (χ0) is 13.5. The SMILES string of the molecule is CNCC1CCCCN1C(=O)OCc1ccccc1. The molecule has 0 saturated carbocycles. The second-order valence-corrected chi connectivity index (χ2v) is 4.94. The predicted molar refractivity (Wildman–Crippen MR) is 74.9 cm³/mol. The van der Waals surface area contributed by atoms with Gasteiger partial charge < -0.3 is 15.0 Å². The third-order valence-corrected chi connectivity index (χ3v) is 3.51. The summed E-state index contributed by atoms with van der Waals surface area (Å²) in [6.45, 7) is 1.99. The van der Waals surface area contributed by atoms with Crippen LogP contribution in [0.2, 0.25) is 0 Å². The fourth-order valence-corrected chi connectivity index (χ4v) is 2.49. The van der Waals surface area contributed by atoms with Crippen molar-refractivity contribution in [3.63, 3.8) is 0 Å². The minimum absolute atomic E-state index is 0.191. The lowest BCUT2D eigenvalue weighted by Gasteiger charge is -2.34. The van der Waals surface area contributed by atoms with Crippen molar-refractivity contribution < 1.29 is 9.53 Å². The molecule has 19 heavy (non-hydrogen) atoms. The molecule has 1 aromatic rings. The van der Waals surface area contributed by atoms with Crippen LogP contribution in [0, 0.1) is 0 Å². The van der Waals surface area contributed by atoms with Crippen molar-refractivity contribution in [1.29, 1.82) is 0 Å². The Balaban J connectivity index is 1.87. The van der Waals surface area contributed by atoms with Gasteiger partial charge in [0.05, 0.1) is 0 Å². The first-order valence-electron chi connectivity index (χ1n) is 6.93. The van der Waals surface area contributed by atoms with E-state index in [0.29, 0.717) is 6.61 Å². The van der Waals surface area contributed by atoms with Crippen LogP contribution in [0.4, 0.5) is 4.79 Å². The van der Waals surface area contributed by atoms with Gasteiger partial charge in [0.1, 0.15) is 6.61 Å². The Labute approximate surface area is 114 Å². The number of nitrogens with zero attached hydrogens (tertiary/aromatic N) is 1. The minimum atomic E-state index is -0.191. The van der Waals surface area contributed by atoms with Gasteiger partial charge in [-0.25, -0.2) is 4.79 Å². The Bertz CT molecular complexity index is 392. The number of likely N-dealkylation sites (tertiary alicyclic amines) is 1. The number of carbonyl (C=O) groups excluding carboxylic acids is 1. The molecule has 1 unspecified atom stereocenters. The molecule has 0 aromatic heterocycles. The Morgan fingerprint density at radius 1 is 1.37 bits per heavy atom. The molecular formula is C15H22N2O2. The Morgan fingerprint density at radius 2 is 2.16 bits per heavy atom. The van der Waals surface area contributed by atoms with Crippen molar-refractivity contribution in [2.75, 3.05) is 20.1 Å². The molecule has 1 amide bonds. The largest absolute Gasteiger partial charge is 0.445 e. The molecule has 0 aliphatic carbocycles. The number of nitrogens with one attached hydrogen (secondary N) is 1. The molecule has 104 valence electrons. The molecule has 1 fully saturated rings. The number of hydrogen-bond donors (Lipinski definition) is 1. The number of benzene rings is 1. The van der Waals surface area contributed by atoms with Crippen molar-refractivity contribution in [3.8, 4) is 0 Å². The molecule has 2 rings (SSSR count). The van der Waals surface area contributed by atoms with E-state index >= 15 is 0 Å². The molecule has 0 radical (unpaired) electrons. The van der Waals surface area contributed by atoms with Crippen LogP contribution in [0.5, 0.6) is 0 Å². The highest BCUT2D eigenvalue weighted by Crippen LogP contribution is 2.18. The molecular weight excluding hydrogens is 240 g/mol. The summed E-state index contributed by atoms with van der Waals surface area (Å²) in [5.41, 5.74) is 1.03. The second-order valence-electron chi connectivity index (χ2n) is 4.94. The van der Waals surface area contributed by atoms with Gasteiger partial charge in [-0.05, 0) is 31.9 Å². The zero-order valence-corrected chi connectivity index (χ0v) is 11.5. The second kappa shape index (κ2) is 7.14. The third-order valence-electron chi connectivity index (χ3n) is 3.51. The minimum Gasteiger partial charge on any atom is -0.445 e. The van der Waals surface area contributed by atoms with Gasteiger partial charge in [-0.2, -0.15) is 0 Å². The van der Waals surface area contributed by atoms with Crippen LogP contribution in [-0.4, -0.2) is 37.2 Å². The van der Waals surface area contributed by atoms with Crippen molar-refractivity contribution in [3.05, 3.63) is 35.9 Å². The Morgan fingerprint density at radius 3 is 2.89 bits per heavy atom. The zero-order valence-electron chi connectivity index (χ0n) is 11.5. The van der Waals surface area contributed by atoms with Gasteiger partial charge >= 0.3 is 6.09 Å². The van der Waals surface area contributed by atoms with Gasteiger partial charge in [-0.3, -0.25) is 0 Å². The van der Waals surface area contributed by atoms with Crippen LogP contribution in [0.25, 0.3) is 0 Å². The molecule has 1 saturated heterocycles. The van der Waals surface area contributed by atoms with Gasteiger partial charge in [0.25, 0.3) is 0 Å². The normalized spacial score (nSPS) is 19.2. The van der Waals surface area contributed by atoms with Crippen molar-refractivity contribution in [1.82, 2.24) is 10.2 Å². The standard InChI is InChI=1S/C15H22N2O2/c1-16-11-14-9-5-6-10-17(14)15(18)19-12-13-7-3-2-4-8-13/h2-4,7-8,14,16H,5-6,9-12H2,1H3. The van der Waals surface area contributed by atoms with Gasteiger partial charge in [0, 0.05) is 19.1 Å². The van der Waals surface area contributed by atoms with E-state index in [2.05, 4.69) is 5.32 Å². The molecule has 1 aliphatic heterocycles. The smallest absolute Gasteiger partial charge is 0.410 e. The molecule has 4 heteroatoms. The van der Waals surface area contributed by atoms with Crippen LogP contribution in [0.1, 0.15) is 24.8 Å². The summed E-state index contributed by atoms with van der Waals surface area (Å²) in [4.78, 5) is 14.0. The number of ether oxygens (including phenoxy) is 1. The summed E-state index contributed by atoms with van der Waals surface area (Å²) in [6, 6.07) is 10.1. The first-order chi connectivity index (χ1) is 9.31. The number of rotatable bonds is 4. The monoisotopic (exact) mass is 262 g/mol. The summed E-state index contributed by atoms with van der Waals surface area (Å²) in [7, 11) is 1.92. The van der Waals surface area contributed by atoms with Gasteiger partial charge in [0.2, 0.25) is 0 Å². The van der Waals surface area contributed by atoms with Crippen LogP contribution in [0.15, 0.2) is 30.3 Å². The average molecular weight is 262 g/mol. The van der Waals surface area contributed by atoms with Crippen molar-refractivity contribution in [2.45, 2.75) is 31.9 Å². The molecule has 1 aromatic carbocycles. The van der Waals surface area contributed by atoms with E-state index in [1.54, 1.807) is 0 Å². The molecule has 0 spiro atoms. The first-order valence-corrected chi connectivity index (χ1v) is 6.93. The molecule has 1 heterocycles. The number of piperidine rings is 1. The summed E-state index contributed by atoms with van der Waals surface area (Å²) in [5, 5.41) is 3.15. The van der Waals surface area contributed by atoms with Crippen LogP contribution >= 0.6 is 0 Å². The first kappa shape index (κ1) is 13.9. The highest BCUT2D eigenvalue weighted by molar-refractivity contribution is 5.68. The van der Waals surface area contributed by atoms with E-state index in [4.69, 9.17) is 4.74 Å². The molecule has 1 N–H and O–H groups in total. The molecule has 0 bridgehead atoms. The fraction of sp³-hybridized carbons (Fsp3) is 0.533. The van der Waals surface area contributed by atoms with Crippen LogP contribution in [0.3, 0.4) is 0 Å². The summed E-state index contributed by atoms with van der Waals surface area (Å²) in [5.74, 6) is 0. The van der Waals surface area contributed by atoms with E-state index < -0.39 is 0 Å².